The molecule has 1 aliphatic carbocycles. The molecule has 1 unspecified atom stereocenters. The maximum absolute atomic E-state index is 17.0. The Bertz CT molecular complexity index is 1780. The van der Waals surface area contributed by atoms with Crippen LogP contribution in [-0.4, -0.2) is 93.6 Å². The van der Waals surface area contributed by atoms with E-state index in [2.05, 4.69) is 39.5 Å². The van der Waals surface area contributed by atoms with Crippen molar-refractivity contribution in [3.63, 3.8) is 0 Å². The van der Waals surface area contributed by atoms with E-state index >= 15 is 4.39 Å². The van der Waals surface area contributed by atoms with Gasteiger partial charge in [-0.3, -0.25) is 14.8 Å². The van der Waals surface area contributed by atoms with Crippen molar-refractivity contribution < 1.29 is 33.3 Å². The number of aromatic nitrogens is 2. The average Bonchev–Trinajstić information content (AvgIpc) is 3.76. The van der Waals surface area contributed by atoms with Gasteiger partial charge in [-0.1, -0.05) is 12.1 Å². The molecule has 2 aromatic heterocycles. The van der Waals surface area contributed by atoms with Crippen LogP contribution in [0.25, 0.3) is 22.2 Å². The molecule has 5 aliphatic rings. The Balaban J connectivity index is 1.43. The van der Waals surface area contributed by atoms with E-state index in [1.165, 1.54) is 9.80 Å². The number of anilines is 1. The number of para-hydroxylation sites is 1. The van der Waals surface area contributed by atoms with E-state index in [-0.39, 0.29) is 35.2 Å². The Hall–Kier alpha value is -3.46. The number of benzene rings is 1. The van der Waals surface area contributed by atoms with Gasteiger partial charge in [0.2, 0.25) is 5.88 Å². The van der Waals surface area contributed by atoms with Crippen molar-refractivity contribution in [3.05, 3.63) is 39.3 Å². The second-order valence-electron chi connectivity index (χ2n) is 14.4. The lowest BCUT2D eigenvalue weighted by Crippen LogP contribution is -2.58. The average molecular weight is 774 g/mol. The van der Waals surface area contributed by atoms with Crippen LogP contribution in [0.2, 0.25) is 0 Å². The highest BCUT2D eigenvalue weighted by Crippen LogP contribution is 2.50. The molecular weight excluding hydrogens is 732 g/mol. The van der Waals surface area contributed by atoms with Crippen LogP contribution in [-0.2, 0) is 11.2 Å². The Morgan fingerprint density at radius 3 is 2.73 bits per heavy atom. The number of likely N-dealkylation sites (tertiary alicyclic amines) is 1. The summed E-state index contributed by atoms with van der Waals surface area (Å²) >= 11 is 2.11. The zero-order valence-electron chi connectivity index (χ0n) is 27.8. The number of carboxylic acid groups (broad SMARTS) is 1. The van der Waals surface area contributed by atoms with E-state index in [9.17, 15) is 14.7 Å². The Morgan fingerprint density at radius 1 is 1.25 bits per heavy atom. The Kier molecular flexibility index (Phi) is 8.58. The first-order valence-electron chi connectivity index (χ1n) is 16.7. The van der Waals surface area contributed by atoms with Crippen molar-refractivity contribution >= 4 is 51.4 Å². The highest BCUT2D eigenvalue weighted by molar-refractivity contribution is 14.1. The van der Waals surface area contributed by atoms with Crippen LogP contribution in [0.15, 0.2) is 24.4 Å². The molecule has 0 radical (unpaired) electrons. The summed E-state index contributed by atoms with van der Waals surface area (Å²) < 4.78 is 36.1. The topological polar surface area (TPSA) is 118 Å². The van der Waals surface area contributed by atoms with Gasteiger partial charge in [0.25, 0.3) is 0 Å². The molecule has 6 heterocycles. The molecule has 11 nitrogen and oxygen atoms in total. The highest BCUT2D eigenvalue weighted by Gasteiger charge is 2.59. The lowest BCUT2D eigenvalue weighted by atomic mass is 9.78. The predicted octanol–water partition coefficient (Wildman–Crippen LogP) is 6.72. The number of likely N-dealkylation sites (N-methyl/N-ethyl adjacent to an activating group) is 1. The minimum atomic E-state index is -1.03. The van der Waals surface area contributed by atoms with Crippen LogP contribution in [0.1, 0.15) is 58.9 Å². The molecule has 2 amide bonds. The van der Waals surface area contributed by atoms with E-state index in [4.69, 9.17) is 19.2 Å². The van der Waals surface area contributed by atoms with E-state index < -0.39 is 35.7 Å². The number of ether oxygens (including phenoxy) is 3. The molecular formula is C35H41FIN5O6. The van der Waals surface area contributed by atoms with Gasteiger partial charge < -0.3 is 24.2 Å². The minimum Gasteiger partial charge on any atom is -0.493 e. The molecule has 8 rings (SSSR count). The van der Waals surface area contributed by atoms with E-state index in [0.29, 0.717) is 45.5 Å². The SMILES string of the molecule is CC(Oc1nc2c(F)c(-c3cccc4c3OCCC4)ncc2c(N(C(=O)OC(C)(C)C)[C@H]2[C@@H]3C[C@H]2N(C(=O)O)C3)c1I)[C@@H]1CCCN1C. The van der Waals surface area contributed by atoms with Crippen LogP contribution < -0.4 is 14.4 Å². The predicted molar refractivity (Wildman–Crippen MR) is 186 cm³/mol. The third kappa shape index (κ3) is 5.69. The third-order valence-corrected chi connectivity index (χ3v) is 11.1. The summed E-state index contributed by atoms with van der Waals surface area (Å²) in [6.07, 6.45) is 3.92. The first-order valence-corrected chi connectivity index (χ1v) is 17.7. The summed E-state index contributed by atoms with van der Waals surface area (Å²) in [6.45, 7) is 9.11. The number of nitrogens with zero attached hydrogens (tertiary/aromatic N) is 5. The number of hydrogen-bond acceptors (Lipinski definition) is 8. The lowest BCUT2D eigenvalue weighted by molar-refractivity contribution is 0.0517. The molecule has 4 fully saturated rings. The fourth-order valence-corrected chi connectivity index (χ4v) is 8.65. The van der Waals surface area contributed by atoms with Crippen molar-refractivity contribution in [2.24, 2.45) is 5.92 Å². The van der Waals surface area contributed by atoms with Crippen molar-refractivity contribution in [2.45, 2.75) is 89.6 Å². The summed E-state index contributed by atoms with van der Waals surface area (Å²) in [5.41, 5.74) is 1.14. The number of fused-ring (bicyclic) bond motifs is 3. The normalized spacial score (nSPS) is 24.1. The Labute approximate surface area is 292 Å². The number of halogens is 2. The lowest BCUT2D eigenvalue weighted by Gasteiger charge is -2.44. The molecule has 1 saturated carbocycles. The summed E-state index contributed by atoms with van der Waals surface area (Å²) in [4.78, 5) is 41.0. The minimum absolute atomic E-state index is 0.00104. The molecule has 3 saturated heterocycles. The van der Waals surface area contributed by atoms with E-state index in [1.807, 2.05) is 19.1 Å². The molecule has 2 bridgehead atoms. The van der Waals surface area contributed by atoms with Gasteiger partial charge >= 0.3 is 12.2 Å². The molecule has 1 N–H and O–H groups in total. The highest BCUT2D eigenvalue weighted by atomic mass is 127. The first kappa shape index (κ1) is 33.1. The number of hydrogen-bond donors (Lipinski definition) is 1. The summed E-state index contributed by atoms with van der Waals surface area (Å²) in [5.74, 6) is 0.0441. The fourth-order valence-electron chi connectivity index (χ4n) is 7.86. The van der Waals surface area contributed by atoms with Gasteiger partial charge in [-0.15, -0.1) is 0 Å². The molecule has 3 aromatic rings. The summed E-state index contributed by atoms with van der Waals surface area (Å²) in [7, 11) is 2.06. The third-order valence-electron chi connectivity index (χ3n) is 10.1. The van der Waals surface area contributed by atoms with Gasteiger partial charge in [0.15, 0.2) is 5.82 Å². The molecule has 5 atom stereocenters. The standard InChI is InChI=1S/C35H41FIN5O6/c1-18(23-12-7-13-40(23)5)47-32-26(37)30(42(34(45)48-35(2,3)4)29-20-15-24(29)41(17-20)33(43)44)22-16-38-27(25(36)28(22)39-32)21-11-6-9-19-10-8-14-46-31(19)21/h6,9,11,16,18,20,23-24,29H,7-8,10,12-15,17H2,1-5H3,(H,43,44)/t18?,20-,23+,24-,29+/m1/s1. The molecule has 0 spiro atoms. The number of carbonyl (C=O) groups is 2. The van der Waals surface area contributed by atoms with Gasteiger partial charge in [0.05, 0.1) is 27.9 Å². The molecule has 13 heteroatoms. The molecule has 4 aliphatic heterocycles. The van der Waals surface area contributed by atoms with Gasteiger partial charge in [0.1, 0.15) is 28.7 Å². The summed E-state index contributed by atoms with van der Waals surface area (Å²) in [6, 6.07) is 4.85. The monoisotopic (exact) mass is 773 g/mol. The van der Waals surface area contributed by atoms with Crippen molar-refractivity contribution in [3.8, 4) is 22.9 Å². The zero-order valence-corrected chi connectivity index (χ0v) is 30.0. The molecule has 48 heavy (non-hydrogen) atoms. The number of pyridine rings is 2. The maximum Gasteiger partial charge on any atom is 0.415 e. The van der Waals surface area contributed by atoms with Crippen LogP contribution in [0, 0.1) is 15.3 Å². The second kappa shape index (κ2) is 12.5. The number of aryl methyl sites for hydroxylation is 1. The Morgan fingerprint density at radius 2 is 2.04 bits per heavy atom. The maximum atomic E-state index is 17.0. The first-order chi connectivity index (χ1) is 22.8. The van der Waals surface area contributed by atoms with E-state index in [0.717, 1.165) is 37.8 Å². The largest absolute Gasteiger partial charge is 0.493 e. The van der Waals surface area contributed by atoms with Crippen molar-refractivity contribution in [1.82, 2.24) is 19.8 Å². The van der Waals surface area contributed by atoms with Gasteiger partial charge in [-0.25, -0.2) is 19.0 Å². The van der Waals surface area contributed by atoms with Crippen LogP contribution in [0.4, 0.5) is 19.7 Å². The number of amides is 2. The van der Waals surface area contributed by atoms with E-state index in [1.54, 1.807) is 33.0 Å². The van der Waals surface area contributed by atoms with Crippen LogP contribution in [0.5, 0.6) is 11.6 Å². The van der Waals surface area contributed by atoms with Crippen LogP contribution in [0.3, 0.4) is 0 Å². The molecule has 1 aromatic carbocycles. The van der Waals surface area contributed by atoms with Crippen molar-refractivity contribution in [1.29, 1.82) is 0 Å². The zero-order chi connectivity index (χ0) is 34.1. The van der Waals surface area contributed by atoms with Gasteiger partial charge in [-0.2, -0.15) is 0 Å². The van der Waals surface area contributed by atoms with Gasteiger partial charge in [0, 0.05) is 35.7 Å². The fraction of sp³-hybridized carbons (Fsp3) is 0.543. The number of rotatable bonds is 6. The second-order valence-corrected chi connectivity index (χ2v) is 15.4. The molecule has 256 valence electrons. The quantitative estimate of drug-likeness (QED) is 0.273. The van der Waals surface area contributed by atoms with Crippen LogP contribution >= 0.6 is 22.6 Å². The van der Waals surface area contributed by atoms with Crippen molar-refractivity contribution in [2.75, 3.05) is 31.6 Å². The van der Waals surface area contributed by atoms with Gasteiger partial charge in [-0.05, 0) is 108 Å². The smallest absolute Gasteiger partial charge is 0.415 e. The number of carbonyl (C=O) groups excluding carboxylic acids is 1. The summed E-state index contributed by atoms with van der Waals surface area (Å²) in [5, 5.41) is 10.3.